The van der Waals surface area contributed by atoms with Crippen LogP contribution < -0.4 is 5.32 Å². The summed E-state index contributed by atoms with van der Waals surface area (Å²) in [4.78, 5) is 4.09. The number of nitrogens with zero attached hydrogens (tertiary/aromatic N) is 1. The minimum atomic E-state index is -0.150. The van der Waals surface area contributed by atoms with Gasteiger partial charge in [0, 0.05) is 18.4 Å². The highest BCUT2D eigenvalue weighted by Crippen LogP contribution is 2.18. The van der Waals surface area contributed by atoms with Gasteiger partial charge in [0.25, 0.3) is 0 Å². The van der Waals surface area contributed by atoms with Crippen LogP contribution in [0.5, 0.6) is 0 Å². The summed E-state index contributed by atoms with van der Waals surface area (Å²) < 4.78 is 0. The topological polar surface area (TPSA) is 45.1 Å². The molecule has 1 fully saturated rings. The lowest BCUT2D eigenvalue weighted by Crippen LogP contribution is -2.42. The molecule has 1 aromatic rings. The van der Waals surface area contributed by atoms with Gasteiger partial charge in [-0.2, -0.15) is 0 Å². The lowest BCUT2D eigenvalue weighted by Gasteiger charge is -2.28. The number of hydrogen-bond acceptors (Lipinski definition) is 3. The Hall–Kier alpha value is -0.930. The van der Waals surface area contributed by atoms with E-state index < -0.39 is 0 Å². The van der Waals surface area contributed by atoms with Crippen LogP contribution in [0, 0.1) is 0 Å². The average Bonchev–Trinajstić information content (AvgIpc) is 2.33. The second-order valence-corrected chi connectivity index (χ2v) is 4.52. The molecule has 3 heteroatoms. The number of pyridine rings is 1. The van der Waals surface area contributed by atoms with Crippen LogP contribution in [0.25, 0.3) is 0 Å². The fourth-order valence-corrected chi connectivity index (χ4v) is 2.30. The molecule has 1 heterocycles. The van der Waals surface area contributed by atoms with Gasteiger partial charge < -0.3 is 10.4 Å². The van der Waals surface area contributed by atoms with Crippen molar-refractivity contribution in [3.8, 4) is 0 Å². The zero-order chi connectivity index (χ0) is 11.2. The van der Waals surface area contributed by atoms with Crippen molar-refractivity contribution in [1.29, 1.82) is 0 Å². The Kier molecular flexibility index (Phi) is 4.31. The van der Waals surface area contributed by atoms with Gasteiger partial charge in [0.1, 0.15) is 0 Å². The van der Waals surface area contributed by atoms with E-state index in [1.807, 2.05) is 12.3 Å². The molecule has 0 aromatic carbocycles. The molecule has 2 atom stereocenters. The van der Waals surface area contributed by atoms with Gasteiger partial charge in [0.05, 0.1) is 6.10 Å². The van der Waals surface area contributed by atoms with Crippen LogP contribution in [0.15, 0.2) is 24.5 Å². The zero-order valence-corrected chi connectivity index (χ0v) is 9.60. The summed E-state index contributed by atoms with van der Waals surface area (Å²) in [6.45, 7) is 0.924. The van der Waals surface area contributed by atoms with E-state index in [2.05, 4.69) is 16.4 Å². The van der Waals surface area contributed by atoms with Crippen molar-refractivity contribution in [3.63, 3.8) is 0 Å². The van der Waals surface area contributed by atoms with Crippen molar-refractivity contribution in [2.45, 2.75) is 44.2 Å². The molecule has 1 aromatic heterocycles. The number of hydrogen-bond donors (Lipinski definition) is 2. The first-order valence-corrected chi connectivity index (χ1v) is 6.16. The van der Waals surface area contributed by atoms with Crippen LogP contribution in [0.1, 0.15) is 31.2 Å². The molecule has 3 nitrogen and oxygen atoms in total. The Bertz CT molecular complexity index is 302. The number of nitrogens with one attached hydrogen (secondary N) is 1. The van der Waals surface area contributed by atoms with Crippen molar-refractivity contribution >= 4 is 0 Å². The highest BCUT2D eigenvalue weighted by Gasteiger charge is 2.21. The number of rotatable bonds is 4. The van der Waals surface area contributed by atoms with Crippen molar-refractivity contribution < 1.29 is 5.11 Å². The summed E-state index contributed by atoms with van der Waals surface area (Å²) >= 11 is 0. The van der Waals surface area contributed by atoms with Gasteiger partial charge in [0.2, 0.25) is 0 Å². The number of aromatic nitrogens is 1. The number of aliphatic hydroxyl groups is 1. The highest BCUT2D eigenvalue weighted by molar-refractivity contribution is 5.08. The molecule has 16 heavy (non-hydrogen) atoms. The molecule has 1 aliphatic rings. The fraction of sp³-hybridized carbons (Fsp3) is 0.615. The molecule has 0 saturated heterocycles. The minimum absolute atomic E-state index is 0.150. The maximum absolute atomic E-state index is 9.79. The molecule has 88 valence electrons. The Morgan fingerprint density at radius 2 is 2.25 bits per heavy atom. The summed E-state index contributed by atoms with van der Waals surface area (Å²) in [5.74, 6) is 0. The largest absolute Gasteiger partial charge is 0.392 e. The lowest BCUT2D eigenvalue weighted by molar-refractivity contribution is 0.0914. The van der Waals surface area contributed by atoms with E-state index in [0.29, 0.717) is 6.04 Å². The van der Waals surface area contributed by atoms with Crippen molar-refractivity contribution in [2.24, 2.45) is 0 Å². The first kappa shape index (κ1) is 11.6. The van der Waals surface area contributed by atoms with Crippen LogP contribution in [0.4, 0.5) is 0 Å². The molecular formula is C13H20N2O. The highest BCUT2D eigenvalue weighted by atomic mass is 16.3. The van der Waals surface area contributed by atoms with Gasteiger partial charge in [0.15, 0.2) is 0 Å². The Morgan fingerprint density at radius 1 is 1.38 bits per heavy atom. The van der Waals surface area contributed by atoms with Crippen LogP contribution in [-0.2, 0) is 6.42 Å². The first-order valence-electron chi connectivity index (χ1n) is 6.16. The van der Waals surface area contributed by atoms with E-state index in [4.69, 9.17) is 0 Å². The molecule has 1 saturated carbocycles. The third kappa shape index (κ3) is 3.29. The van der Waals surface area contributed by atoms with Gasteiger partial charge >= 0.3 is 0 Å². The quantitative estimate of drug-likeness (QED) is 0.808. The SMILES string of the molecule is O[C@@H]1CCCC[C@H]1NCCc1cccnc1. The fourth-order valence-electron chi connectivity index (χ4n) is 2.30. The second-order valence-electron chi connectivity index (χ2n) is 4.52. The second kappa shape index (κ2) is 5.97. The Labute approximate surface area is 96.9 Å². The van der Waals surface area contributed by atoms with Gasteiger partial charge in [-0.1, -0.05) is 18.9 Å². The molecule has 0 amide bonds. The van der Waals surface area contributed by atoms with Crippen LogP contribution >= 0.6 is 0 Å². The predicted molar refractivity (Wildman–Crippen MR) is 64.2 cm³/mol. The van der Waals surface area contributed by atoms with Crippen molar-refractivity contribution in [1.82, 2.24) is 10.3 Å². The minimum Gasteiger partial charge on any atom is -0.392 e. The molecule has 0 aliphatic heterocycles. The van der Waals surface area contributed by atoms with Crippen LogP contribution in [0.3, 0.4) is 0 Å². The standard InChI is InChI=1S/C13H20N2O/c16-13-6-2-1-5-12(13)15-9-7-11-4-3-8-14-10-11/h3-4,8,10,12-13,15-16H,1-2,5-7,9H2/t12-,13-/m1/s1. The lowest BCUT2D eigenvalue weighted by atomic mass is 9.92. The zero-order valence-electron chi connectivity index (χ0n) is 9.60. The predicted octanol–water partition coefficient (Wildman–Crippen LogP) is 1.52. The van der Waals surface area contributed by atoms with E-state index >= 15 is 0 Å². The Balaban J connectivity index is 1.71. The first-order chi connectivity index (χ1) is 7.86. The molecule has 1 aliphatic carbocycles. The number of aliphatic hydroxyl groups excluding tert-OH is 1. The maximum atomic E-state index is 9.79. The van der Waals surface area contributed by atoms with Gasteiger partial charge in [-0.05, 0) is 37.4 Å². The van der Waals surface area contributed by atoms with Gasteiger partial charge in [-0.3, -0.25) is 4.98 Å². The third-order valence-corrected chi connectivity index (χ3v) is 3.27. The summed E-state index contributed by atoms with van der Waals surface area (Å²) in [6, 6.07) is 4.35. The van der Waals surface area contributed by atoms with Crippen molar-refractivity contribution in [2.75, 3.05) is 6.54 Å². The molecule has 2 N–H and O–H groups in total. The van der Waals surface area contributed by atoms with E-state index in [1.54, 1.807) is 6.20 Å². The third-order valence-electron chi connectivity index (χ3n) is 3.27. The van der Waals surface area contributed by atoms with Crippen molar-refractivity contribution in [3.05, 3.63) is 30.1 Å². The monoisotopic (exact) mass is 220 g/mol. The molecule has 0 unspecified atom stereocenters. The molecule has 0 radical (unpaired) electrons. The average molecular weight is 220 g/mol. The van der Waals surface area contributed by atoms with E-state index in [0.717, 1.165) is 25.8 Å². The Morgan fingerprint density at radius 3 is 3.00 bits per heavy atom. The molecule has 2 rings (SSSR count). The summed E-state index contributed by atoms with van der Waals surface area (Å²) in [5, 5.41) is 13.2. The van der Waals surface area contributed by atoms with Crippen LogP contribution in [0.2, 0.25) is 0 Å². The smallest absolute Gasteiger partial charge is 0.0693 e. The van der Waals surface area contributed by atoms with Crippen LogP contribution in [-0.4, -0.2) is 28.8 Å². The summed E-state index contributed by atoms with van der Waals surface area (Å²) in [5.41, 5.74) is 1.25. The van der Waals surface area contributed by atoms with Gasteiger partial charge in [-0.15, -0.1) is 0 Å². The molecule has 0 bridgehead atoms. The summed E-state index contributed by atoms with van der Waals surface area (Å²) in [6.07, 6.45) is 8.99. The van der Waals surface area contributed by atoms with E-state index in [-0.39, 0.29) is 6.10 Å². The summed E-state index contributed by atoms with van der Waals surface area (Å²) in [7, 11) is 0. The maximum Gasteiger partial charge on any atom is 0.0693 e. The van der Waals surface area contributed by atoms with E-state index in [9.17, 15) is 5.11 Å². The molecule has 0 spiro atoms. The van der Waals surface area contributed by atoms with E-state index in [1.165, 1.54) is 18.4 Å². The normalized spacial score (nSPS) is 25.6. The molecular weight excluding hydrogens is 200 g/mol. The van der Waals surface area contributed by atoms with Gasteiger partial charge in [-0.25, -0.2) is 0 Å².